The number of aryl methyl sites for hydroxylation is 1. The van der Waals surface area contributed by atoms with Gasteiger partial charge >= 0.3 is 5.97 Å². The maximum Gasteiger partial charge on any atom is 0.320 e. The number of Topliss-reactive ketones (excluding diaryl/α,β-unsaturated/α-hetero) is 1. The molecule has 2 aromatic rings. The molecule has 2 heterocycles. The van der Waals surface area contributed by atoms with Crippen molar-refractivity contribution in [3.8, 4) is 5.95 Å². The number of hydrogen-bond acceptors (Lipinski definition) is 8. The molecule has 2 aliphatic carbocycles. The highest BCUT2D eigenvalue weighted by Crippen LogP contribution is 2.37. The highest BCUT2D eigenvalue weighted by atomic mass is 16.5. The first-order valence-electron chi connectivity index (χ1n) is 11.7. The quantitative estimate of drug-likeness (QED) is 0.544. The summed E-state index contributed by atoms with van der Waals surface area (Å²) in [6, 6.07) is -0.245. The number of ketones is 1. The number of nitrogens with zero attached hydrogens (tertiary/aromatic N) is 3. The zero-order valence-electron chi connectivity index (χ0n) is 19.9. The van der Waals surface area contributed by atoms with E-state index in [0.29, 0.717) is 25.2 Å². The van der Waals surface area contributed by atoms with E-state index in [9.17, 15) is 14.4 Å². The van der Waals surface area contributed by atoms with Gasteiger partial charge < -0.3 is 21.5 Å². The molecule has 1 fully saturated rings. The summed E-state index contributed by atoms with van der Waals surface area (Å²) >= 11 is 0. The highest BCUT2D eigenvalue weighted by Gasteiger charge is 2.35. The third-order valence-electron chi connectivity index (χ3n) is 6.59. The van der Waals surface area contributed by atoms with E-state index in [1.54, 1.807) is 0 Å². The van der Waals surface area contributed by atoms with Gasteiger partial charge in [0.2, 0.25) is 5.95 Å². The molecule has 4 rings (SSSR count). The topological polar surface area (TPSA) is 155 Å². The number of nitrogens with two attached hydrogens (primary N) is 2. The Morgan fingerprint density at radius 3 is 2.71 bits per heavy atom. The van der Waals surface area contributed by atoms with E-state index in [1.165, 1.54) is 6.20 Å². The average molecular weight is 469 g/mol. The summed E-state index contributed by atoms with van der Waals surface area (Å²) in [6.07, 6.45) is 7.36. The summed E-state index contributed by atoms with van der Waals surface area (Å²) in [5.74, 6) is -0.406. The molecule has 0 aliphatic heterocycles. The van der Waals surface area contributed by atoms with Gasteiger partial charge in [-0.25, -0.2) is 4.98 Å². The molecule has 5 N–H and O–H groups in total. The number of carbonyl (C=O) groups is 3. The lowest BCUT2D eigenvalue weighted by Crippen LogP contribution is -2.41. The lowest BCUT2D eigenvalue weighted by molar-refractivity contribution is -0.149. The largest absolute Gasteiger partial charge is 0.459 e. The van der Waals surface area contributed by atoms with Crippen LogP contribution in [0.1, 0.15) is 77.9 Å². The van der Waals surface area contributed by atoms with Crippen molar-refractivity contribution in [2.75, 3.05) is 11.9 Å². The fourth-order valence-electron chi connectivity index (χ4n) is 5.03. The van der Waals surface area contributed by atoms with Crippen molar-refractivity contribution in [2.45, 2.75) is 71.4 Å². The lowest BCUT2D eigenvalue weighted by Gasteiger charge is -2.32. The van der Waals surface area contributed by atoms with Gasteiger partial charge in [0.1, 0.15) is 11.9 Å². The molecule has 1 amide bonds. The summed E-state index contributed by atoms with van der Waals surface area (Å²) < 4.78 is 7.35. The first-order valence-corrected chi connectivity index (χ1v) is 11.7. The van der Waals surface area contributed by atoms with E-state index >= 15 is 0 Å². The van der Waals surface area contributed by atoms with Gasteiger partial charge in [0, 0.05) is 30.1 Å². The molecule has 0 radical (unpaired) electrons. The number of fused-ring (bicyclic) bond motifs is 1. The van der Waals surface area contributed by atoms with E-state index in [0.717, 1.165) is 36.1 Å². The first-order chi connectivity index (χ1) is 16.1. The molecule has 0 bridgehead atoms. The molecule has 10 nitrogen and oxygen atoms in total. The van der Waals surface area contributed by atoms with E-state index < -0.39 is 11.9 Å². The standard InChI is InChI=1S/C24H32N6O4/c1-13-12-30(16-8-24(2,3)9-17(31)20(13)16)23-27-11-14(21(26)33)22(29-23)28-15-6-4-5-7-18(15)34-19(32)10-25/h11-12,15,18H,4-10,25H2,1-3H3,(H2,26,33)(H,27,28,29). The Morgan fingerprint density at radius 1 is 1.26 bits per heavy atom. The minimum atomic E-state index is -0.664. The molecule has 0 saturated heterocycles. The molecule has 2 aliphatic rings. The lowest BCUT2D eigenvalue weighted by atomic mass is 9.75. The van der Waals surface area contributed by atoms with E-state index in [2.05, 4.69) is 29.1 Å². The Morgan fingerprint density at radius 2 is 2.00 bits per heavy atom. The normalized spacial score (nSPS) is 21.6. The average Bonchev–Trinajstić information content (AvgIpc) is 3.09. The molecular weight excluding hydrogens is 436 g/mol. The third kappa shape index (κ3) is 4.68. The van der Waals surface area contributed by atoms with Crippen molar-refractivity contribution in [2.24, 2.45) is 16.9 Å². The zero-order chi connectivity index (χ0) is 24.6. The van der Waals surface area contributed by atoms with Gasteiger partial charge in [-0.15, -0.1) is 0 Å². The number of esters is 1. The SMILES string of the molecule is Cc1cn(-c2ncc(C(N)=O)c(NC3CCCCC3OC(=O)CN)n2)c2c1C(=O)CC(C)(C)C2. The highest BCUT2D eigenvalue weighted by molar-refractivity contribution is 6.00. The van der Waals surface area contributed by atoms with Crippen molar-refractivity contribution >= 4 is 23.5 Å². The molecular formula is C24H32N6O4. The number of anilines is 1. The van der Waals surface area contributed by atoms with E-state index in [-0.39, 0.29) is 41.3 Å². The van der Waals surface area contributed by atoms with Crippen LogP contribution in [-0.4, -0.2) is 50.9 Å². The molecule has 2 aromatic heterocycles. The zero-order valence-corrected chi connectivity index (χ0v) is 19.9. The summed E-state index contributed by atoms with van der Waals surface area (Å²) in [5.41, 5.74) is 13.4. The van der Waals surface area contributed by atoms with Gasteiger partial charge in [0.05, 0.1) is 18.2 Å². The second-order valence-electron chi connectivity index (χ2n) is 10.0. The summed E-state index contributed by atoms with van der Waals surface area (Å²) in [4.78, 5) is 45.8. The molecule has 0 spiro atoms. The second-order valence-corrected chi connectivity index (χ2v) is 10.0. The first kappa shape index (κ1) is 23.9. The van der Waals surface area contributed by atoms with Gasteiger partial charge in [-0.1, -0.05) is 20.3 Å². The van der Waals surface area contributed by atoms with Gasteiger partial charge in [-0.3, -0.25) is 19.0 Å². The Bertz CT molecular complexity index is 1140. The van der Waals surface area contributed by atoms with Crippen molar-refractivity contribution < 1.29 is 19.1 Å². The van der Waals surface area contributed by atoms with Crippen molar-refractivity contribution in [1.82, 2.24) is 14.5 Å². The van der Waals surface area contributed by atoms with Crippen LogP contribution in [0.25, 0.3) is 5.95 Å². The number of hydrogen-bond donors (Lipinski definition) is 3. The maximum absolute atomic E-state index is 12.8. The van der Waals surface area contributed by atoms with Crippen molar-refractivity contribution in [1.29, 1.82) is 0 Å². The Hall–Kier alpha value is -3.27. The minimum absolute atomic E-state index is 0.112. The van der Waals surface area contributed by atoms with Crippen molar-refractivity contribution in [3.05, 3.63) is 34.8 Å². The molecule has 182 valence electrons. The van der Waals surface area contributed by atoms with Gasteiger partial charge in [0.15, 0.2) is 5.78 Å². The molecule has 34 heavy (non-hydrogen) atoms. The van der Waals surface area contributed by atoms with Crippen LogP contribution >= 0.6 is 0 Å². The summed E-state index contributed by atoms with van der Waals surface area (Å²) in [7, 11) is 0. The molecule has 2 atom stereocenters. The number of aromatic nitrogens is 3. The van der Waals surface area contributed by atoms with Crippen LogP contribution in [0.3, 0.4) is 0 Å². The number of nitrogens with one attached hydrogen (secondary N) is 1. The number of amides is 1. The summed E-state index contributed by atoms with van der Waals surface area (Å²) in [5, 5.41) is 3.28. The van der Waals surface area contributed by atoms with Crippen LogP contribution in [-0.2, 0) is 16.0 Å². The van der Waals surface area contributed by atoms with Crippen LogP contribution in [0.4, 0.5) is 5.82 Å². The van der Waals surface area contributed by atoms with Crippen LogP contribution in [0.2, 0.25) is 0 Å². The molecule has 1 saturated carbocycles. The Balaban J connectivity index is 1.72. The molecule has 10 heteroatoms. The van der Waals surface area contributed by atoms with Crippen LogP contribution in [0.15, 0.2) is 12.4 Å². The number of primary amides is 1. The maximum atomic E-state index is 12.8. The van der Waals surface area contributed by atoms with Crippen LogP contribution in [0, 0.1) is 12.3 Å². The van der Waals surface area contributed by atoms with Gasteiger partial charge in [-0.05, 0) is 43.6 Å². The smallest absolute Gasteiger partial charge is 0.320 e. The van der Waals surface area contributed by atoms with Crippen molar-refractivity contribution in [3.63, 3.8) is 0 Å². The Labute approximate surface area is 198 Å². The van der Waals surface area contributed by atoms with Gasteiger partial charge in [-0.2, -0.15) is 4.98 Å². The fraction of sp³-hybridized carbons (Fsp3) is 0.542. The third-order valence-corrected chi connectivity index (χ3v) is 6.59. The Kier molecular flexibility index (Phi) is 6.44. The number of carbonyl (C=O) groups excluding carboxylic acids is 3. The molecule has 0 aromatic carbocycles. The minimum Gasteiger partial charge on any atom is -0.459 e. The monoisotopic (exact) mass is 468 g/mol. The molecule has 2 unspecified atom stereocenters. The predicted octanol–water partition coefficient (Wildman–Crippen LogP) is 2.05. The fourth-order valence-corrected chi connectivity index (χ4v) is 5.03. The number of ether oxygens (including phenoxy) is 1. The van der Waals surface area contributed by atoms with Gasteiger partial charge in [0.25, 0.3) is 5.91 Å². The summed E-state index contributed by atoms with van der Waals surface area (Å²) in [6.45, 7) is 5.84. The number of rotatable bonds is 6. The van der Waals surface area contributed by atoms with E-state index in [4.69, 9.17) is 16.2 Å². The second kappa shape index (κ2) is 9.17. The van der Waals surface area contributed by atoms with E-state index in [1.807, 2.05) is 17.7 Å². The predicted molar refractivity (Wildman–Crippen MR) is 126 cm³/mol. The van der Waals surface area contributed by atoms with Crippen LogP contribution < -0.4 is 16.8 Å². The van der Waals surface area contributed by atoms with Crippen LogP contribution in [0.5, 0.6) is 0 Å².